The van der Waals surface area contributed by atoms with Crippen molar-refractivity contribution in [3.63, 3.8) is 0 Å². The van der Waals surface area contributed by atoms with E-state index in [4.69, 9.17) is 0 Å². The lowest BCUT2D eigenvalue weighted by Gasteiger charge is -2.11. The monoisotopic (exact) mass is 433 g/mol. The molecule has 0 aliphatic carbocycles. The van der Waals surface area contributed by atoms with Crippen molar-refractivity contribution in [2.24, 2.45) is 4.99 Å². The number of hydrogen-bond donors (Lipinski definition) is 2. The highest BCUT2D eigenvalue weighted by atomic mass is 127. The van der Waals surface area contributed by atoms with Gasteiger partial charge < -0.3 is 10.6 Å². The molecule has 122 valence electrons. The van der Waals surface area contributed by atoms with E-state index in [1.165, 1.54) is 9.75 Å². The standard InChI is InChI=1S/C15H23N5S.HI/c1-3-13-6-7-14(21-13)12-18-15(16-4-2)17-9-11-20-10-5-8-19-20;/h5-8,10H,3-4,9,11-12H2,1-2H3,(H2,16,17,18);1H. The smallest absolute Gasteiger partial charge is 0.191 e. The molecule has 0 atom stereocenters. The predicted octanol–water partition coefficient (Wildman–Crippen LogP) is 2.88. The van der Waals surface area contributed by atoms with Crippen molar-refractivity contribution < 1.29 is 0 Å². The Labute approximate surface area is 153 Å². The van der Waals surface area contributed by atoms with Crippen molar-refractivity contribution >= 4 is 41.3 Å². The lowest BCUT2D eigenvalue weighted by molar-refractivity contribution is 0.598. The van der Waals surface area contributed by atoms with Crippen molar-refractivity contribution in [2.75, 3.05) is 13.1 Å². The SMILES string of the molecule is CCNC(=NCc1ccc(CC)s1)NCCn1cccn1.I. The van der Waals surface area contributed by atoms with E-state index in [1.54, 1.807) is 6.20 Å². The number of nitrogens with one attached hydrogen (secondary N) is 2. The molecule has 0 spiro atoms. The number of aromatic nitrogens is 2. The average molecular weight is 433 g/mol. The summed E-state index contributed by atoms with van der Waals surface area (Å²) in [5, 5.41) is 10.8. The minimum Gasteiger partial charge on any atom is -0.357 e. The number of aryl methyl sites for hydroxylation is 1. The molecule has 0 aromatic carbocycles. The zero-order valence-corrected chi connectivity index (χ0v) is 16.2. The first-order valence-electron chi connectivity index (χ1n) is 7.39. The van der Waals surface area contributed by atoms with E-state index in [0.29, 0.717) is 0 Å². The lowest BCUT2D eigenvalue weighted by Crippen LogP contribution is -2.38. The third-order valence-electron chi connectivity index (χ3n) is 3.00. The highest BCUT2D eigenvalue weighted by Crippen LogP contribution is 2.17. The number of rotatable bonds is 7. The van der Waals surface area contributed by atoms with E-state index in [1.807, 2.05) is 28.3 Å². The lowest BCUT2D eigenvalue weighted by atomic mass is 10.4. The molecule has 0 fully saturated rings. The first-order valence-corrected chi connectivity index (χ1v) is 8.20. The highest BCUT2D eigenvalue weighted by molar-refractivity contribution is 14.0. The van der Waals surface area contributed by atoms with E-state index in [9.17, 15) is 0 Å². The molecule has 0 radical (unpaired) electrons. The molecular weight excluding hydrogens is 409 g/mol. The van der Waals surface area contributed by atoms with Crippen molar-refractivity contribution in [3.8, 4) is 0 Å². The number of hydrogen-bond acceptors (Lipinski definition) is 3. The van der Waals surface area contributed by atoms with Gasteiger partial charge in [0.15, 0.2) is 5.96 Å². The first-order chi connectivity index (χ1) is 10.3. The predicted molar refractivity (Wildman–Crippen MR) is 104 cm³/mol. The summed E-state index contributed by atoms with van der Waals surface area (Å²) < 4.78 is 1.91. The van der Waals surface area contributed by atoms with Crippen LogP contribution >= 0.6 is 35.3 Å². The second-order valence-electron chi connectivity index (χ2n) is 4.61. The Morgan fingerprint density at radius 1 is 1.27 bits per heavy atom. The quantitative estimate of drug-likeness (QED) is 0.401. The topological polar surface area (TPSA) is 54.2 Å². The van der Waals surface area contributed by atoms with E-state index in [-0.39, 0.29) is 24.0 Å². The molecule has 2 heterocycles. The Hall–Kier alpha value is -1.09. The van der Waals surface area contributed by atoms with Crippen LogP contribution in [0.5, 0.6) is 0 Å². The van der Waals surface area contributed by atoms with E-state index >= 15 is 0 Å². The van der Waals surface area contributed by atoms with Gasteiger partial charge in [0.25, 0.3) is 0 Å². The molecule has 0 saturated heterocycles. The van der Waals surface area contributed by atoms with Crippen molar-refractivity contribution in [3.05, 3.63) is 40.3 Å². The number of aliphatic imine (C=N–C) groups is 1. The van der Waals surface area contributed by atoms with Crippen LogP contribution in [0, 0.1) is 0 Å². The molecule has 0 aliphatic heterocycles. The van der Waals surface area contributed by atoms with Gasteiger partial charge in [-0.2, -0.15) is 5.10 Å². The molecule has 0 aliphatic rings. The van der Waals surface area contributed by atoms with Crippen LogP contribution in [0.25, 0.3) is 0 Å². The Balaban J connectivity index is 0.00000242. The molecule has 0 unspecified atom stereocenters. The fourth-order valence-electron chi connectivity index (χ4n) is 1.92. The van der Waals surface area contributed by atoms with E-state index in [0.717, 1.165) is 38.6 Å². The van der Waals surface area contributed by atoms with E-state index < -0.39 is 0 Å². The fourth-order valence-corrected chi connectivity index (χ4v) is 2.80. The van der Waals surface area contributed by atoms with Gasteiger partial charge in [-0.05, 0) is 31.5 Å². The van der Waals surface area contributed by atoms with Gasteiger partial charge in [0.05, 0.1) is 13.1 Å². The summed E-state index contributed by atoms with van der Waals surface area (Å²) in [6.45, 7) is 7.47. The van der Waals surface area contributed by atoms with Gasteiger partial charge in [0.2, 0.25) is 0 Å². The minimum atomic E-state index is 0. The van der Waals surface area contributed by atoms with Gasteiger partial charge in [0.1, 0.15) is 0 Å². The number of halogens is 1. The Morgan fingerprint density at radius 3 is 2.73 bits per heavy atom. The fraction of sp³-hybridized carbons (Fsp3) is 0.467. The number of guanidine groups is 1. The maximum Gasteiger partial charge on any atom is 0.191 e. The Kier molecular flexibility index (Phi) is 9.14. The van der Waals surface area contributed by atoms with Crippen molar-refractivity contribution in [2.45, 2.75) is 33.4 Å². The van der Waals surface area contributed by atoms with E-state index in [2.05, 4.69) is 46.7 Å². The molecule has 0 amide bonds. The van der Waals surface area contributed by atoms with Gasteiger partial charge >= 0.3 is 0 Å². The summed E-state index contributed by atoms with van der Waals surface area (Å²) >= 11 is 1.84. The third kappa shape index (κ3) is 6.35. The summed E-state index contributed by atoms with van der Waals surface area (Å²) in [5.41, 5.74) is 0. The summed E-state index contributed by atoms with van der Waals surface area (Å²) in [6.07, 6.45) is 4.85. The Morgan fingerprint density at radius 2 is 2.09 bits per heavy atom. The maximum atomic E-state index is 4.63. The maximum absolute atomic E-state index is 4.63. The summed E-state index contributed by atoms with van der Waals surface area (Å²) in [4.78, 5) is 7.34. The Bertz CT molecular complexity index is 550. The molecule has 7 heteroatoms. The average Bonchev–Trinajstić information content (AvgIpc) is 3.16. The summed E-state index contributed by atoms with van der Waals surface area (Å²) in [5.74, 6) is 0.858. The van der Waals surface area contributed by atoms with Crippen molar-refractivity contribution in [1.29, 1.82) is 0 Å². The molecule has 0 saturated carbocycles. The molecule has 2 N–H and O–H groups in total. The van der Waals surface area contributed by atoms with Gasteiger partial charge in [-0.15, -0.1) is 35.3 Å². The van der Waals surface area contributed by atoms with Crippen LogP contribution in [0.1, 0.15) is 23.6 Å². The highest BCUT2D eigenvalue weighted by Gasteiger charge is 2.00. The zero-order chi connectivity index (χ0) is 14.9. The third-order valence-corrected chi connectivity index (χ3v) is 4.21. The number of thiophene rings is 1. The molecule has 0 bridgehead atoms. The van der Waals surface area contributed by atoms with Crippen molar-refractivity contribution in [1.82, 2.24) is 20.4 Å². The molecule has 2 rings (SSSR count). The normalized spacial score (nSPS) is 11.1. The molecule has 22 heavy (non-hydrogen) atoms. The summed E-state index contributed by atoms with van der Waals surface area (Å²) in [6, 6.07) is 6.29. The summed E-state index contributed by atoms with van der Waals surface area (Å²) in [7, 11) is 0. The molecule has 2 aromatic rings. The van der Waals surface area contributed by atoms with Gasteiger partial charge in [-0.25, -0.2) is 4.99 Å². The van der Waals surface area contributed by atoms with Gasteiger partial charge in [0, 0.05) is 35.2 Å². The van der Waals surface area contributed by atoms with Crippen LogP contribution in [0.4, 0.5) is 0 Å². The molecular formula is C15H24IN5S. The molecule has 5 nitrogen and oxygen atoms in total. The van der Waals surface area contributed by atoms with Crippen LogP contribution in [-0.4, -0.2) is 28.8 Å². The van der Waals surface area contributed by atoms with Crippen LogP contribution in [-0.2, 0) is 19.5 Å². The van der Waals surface area contributed by atoms with Crippen LogP contribution in [0.3, 0.4) is 0 Å². The van der Waals surface area contributed by atoms with Crippen LogP contribution in [0.2, 0.25) is 0 Å². The minimum absolute atomic E-state index is 0. The second-order valence-corrected chi connectivity index (χ2v) is 5.87. The van der Waals surface area contributed by atoms with Crippen LogP contribution in [0.15, 0.2) is 35.6 Å². The first kappa shape index (κ1) is 19.0. The molecule has 2 aromatic heterocycles. The van der Waals surface area contributed by atoms with Gasteiger partial charge in [-0.3, -0.25) is 4.68 Å². The second kappa shape index (κ2) is 10.6. The largest absolute Gasteiger partial charge is 0.357 e. The van der Waals surface area contributed by atoms with Gasteiger partial charge in [-0.1, -0.05) is 6.92 Å². The number of nitrogens with zero attached hydrogens (tertiary/aromatic N) is 3. The van der Waals surface area contributed by atoms with Crippen LogP contribution < -0.4 is 10.6 Å². The zero-order valence-electron chi connectivity index (χ0n) is 13.1.